The van der Waals surface area contributed by atoms with Crippen molar-refractivity contribution in [2.24, 2.45) is 0 Å². The van der Waals surface area contributed by atoms with E-state index >= 15 is 0 Å². The Morgan fingerprint density at radius 3 is 2.68 bits per heavy atom. The normalized spacial score (nSPS) is 12.6. The summed E-state index contributed by atoms with van der Waals surface area (Å²) in [6, 6.07) is 16.9. The Morgan fingerprint density at radius 2 is 1.80 bits per heavy atom. The highest BCUT2D eigenvalue weighted by Crippen LogP contribution is 2.29. The van der Waals surface area contributed by atoms with E-state index in [1.165, 1.54) is 0 Å². The number of carbonyl (C=O) groups is 1. The molecule has 1 aliphatic heterocycles. The van der Waals surface area contributed by atoms with Crippen LogP contribution >= 0.6 is 0 Å². The first-order valence-corrected chi connectivity index (χ1v) is 8.04. The maximum atomic E-state index is 12.6. The second-order valence-electron chi connectivity index (χ2n) is 5.71. The van der Waals surface area contributed by atoms with Crippen LogP contribution in [0, 0.1) is 0 Å². The third-order valence-corrected chi connectivity index (χ3v) is 3.99. The van der Waals surface area contributed by atoms with E-state index in [1.54, 1.807) is 0 Å². The Balaban J connectivity index is 1.54. The van der Waals surface area contributed by atoms with E-state index in [2.05, 4.69) is 15.6 Å². The maximum absolute atomic E-state index is 12.6. The summed E-state index contributed by atoms with van der Waals surface area (Å²) in [5.41, 5.74) is 3.32. The van der Waals surface area contributed by atoms with Crippen molar-refractivity contribution in [1.82, 2.24) is 10.3 Å². The summed E-state index contributed by atoms with van der Waals surface area (Å²) in [6.07, 6.45) is 5.65. The Bertz CT molecular complexity index is 929. The van der Waals surface area contributed by atoms with Crippen LogP contribution in [0.5, 0.6) is 11.5 Å². The first-order valence-electron chi connectivity index (χ1n) is 8.04. The van der Waals surface area contributed by atoms with Gasteiger partial charge in [-0.1, -0.05) is 30.3 Å². The van der Waals surface area contributed by atoms with E-state index in [9.17, 15) is 4.79 Å². The van der Waals surface area contributed by atoms with Crippen molar-refractivity contribution in [3.8, 4) is 11.5 Å². The lowest BCUT2D eigenvalue weighted by atomic mass is 10.1. The Morgan fingerprint density at radius 1 is 1.00 bits per heavy atom. The van der Waals surface area contributed by atoms with Gasteiger partial charge >= 0.3 is 0 Å². The second-order valence-corrected chi connectivity index (χ2v) is 5.71. The van der Waals surface area contributed by atoms with Crippen molar-refractivity contribution in [1.29, 1.82) is 0 Å². The summed E-state index contributed by atoms with van der Waals surface area (Å²) in [6.45, 7) is 0.625. The smallest absolute Gasteiger partial charge is 0.271 e. The molecule has 124 valence electrons. The van der Waals surface area contributed by atoms with Gasteiger partial charge in [0.15, 0.2) is 5.75 Å². The minimum Gasteiger partial charge on any atom is -0.455 e. The van der Waals surface area contributed by atoms with E-state index in [-0.39, 0.29) is 5.91 Å². The molecule has 0 bridgehead atoms. The highest BCUT2D eigenvalue weighted by atomic mass is 16.5. The number of benzene rings is 2. The van der Waals surface area contributed by atoms with Crippen LogP contribution in [0.25, 0.3) is 6.08 Å². The number of para-hydroxylation sites is 3. The Kier molecular flexibility index (Phi) is 3.96. The average Bonchev–Trinajstić information content (AvgIpc) is 3.12. The van der Waals surface area contributed by atoms with Gasteiger partial charge < -0.3 is 20.4 Å². The molecule has 0 spiro atoms. The zero-order valence-corrected chi connectivity index (χ0v) is 13.5. The predicted octanol–water partition coefficient (Wildman–Crippen LogP) is 3.89. The molecule has 3 N–H and O–H groups in total. The molecule has 4 rings (SSSR count). The van der Waals surface area contributed by atoms with Gasteiger partial charge in [-0.15, -0.1) is 0 Å². The van der Waals surface area contributed by atoms with Crippen LogP contribution in [-0.4, -0.2) is 10.9 Å². The number of hydrogen-bond donors (Lipinski definition) is 3. The van der Waals surface area contributed by atoms with Gasteiger partial charge in [-0.05, 0) is 41.5 Å². The molecule has 5 heteroatoms. The van der Waals surface area contributed by atoms with E-state index in [0.29, 0.717) is 23.7 Å². The first-order chi connectivity index (χ1) is 12.3. The SMILES string of the molecule is O=C(Nc1ccccc1Oc1ccccc1)C1=Cc2c[nH]cc2CN1. The quantitative estimate of drug-likeness (QED) is 0.679. The number of fused-ring (bicyclic) bond motifs is 1. The number of rotatable bonds is 4. The van der Waals surface area contributed by atoms with Crippen molar-refractivity contribution >= 4 is 17.7 Å². The van der Waals surface area contributed by atoms with E-state index in [0.717, 1.165) is 16.9 Å². The number of ether oxygens (including phenoxy) is 1. The van der Waals surface area contributed by atoms with Gasteiger partial charge in [0, 0.05) is 18.9 Å². The number of anilines is 1. The number of aromatic nitrogens is 1. The summed E-state index contributed by atoms with van der Waals surface area (Å²) >= 11 is 0. The molecule has 25 heavy (non-hydrogen) atoms. The molecule has 1 amide bonds. The molecule has 2 aromatic carbocycles. The topological polar surface area (TPSA) is 66.1 Å². The molecule has 0 radical (unpaired) electrons. The molecule has 1 aliphatic rings. The molecule has 0 fully saturated rings. The van der Waals surface area contributed by atoms with Crippen molar-refractivity contribution in [2.75, 3.05) is 5.32 Å². The van der Waals surface area contributed by atoms with E-state index < -0.39 is 0 Å². The standard InChI is InChI=1S/C20H17N3O2/c24-20(18-10-14-11-21-12-15(14)13-22-18)23-17-8-4-5-9-19(17)25-16-6-2-1-3-7-16/h1-12,21-22H,13H2,(H,23,24). The summed E-state index contributed by atoms with van der Waals surface area (Å²) in [5.74, 6) is 1.12. The molecule has 1 aromatic heterocycles. The molecule has 0 aliphatic carbocycles. The highest BCUT2D eigenvalue weighted by molar-refractivity contribution is 6.07. The summed E-state index contributed by atoms with van der Waals surface area (Å²) in [4.78, 5) is 15.6. The van der Waals surface area contributed by atoms with Crippen LogP contribution in [0.3, 0.4) is 0 Å². The van der Waals surface area contributed by atoms with Gasteiger partial charge in [0.1, 0.15) is 11.4 Å². The van der Waals surface area contributed by atoms with Crippen molar-refractivity contribution in [3.63, 3.8) is 0 Å². The average molecular weight is 331 g/mol. The van der Waals surface area contributed by atoms with Crippen LogP contribution in [0.4, 0.5) is 5.69 Å². The van der Waals surface area contributed by atoms with Gasteiger partial charge in [-0.3, -0.25) is 4.79 Å². The fraction of sp³-hybridized carbons (Fsp3) is 0.0500. The lowest BCUT2D eigenvalue weighted by Gasteiger charge is -2.17. The number of H-pyrrole nitrogens is 1. The molecule has 5 nitrogen and oxygen atoms in total. The predicted molar refractivity (Wildman–Crippen MR) is 97.2 cm³/mol. The van der Waals surface area contributed by atoms with Crippen LogP contribution in [0.15, 0.2) is 72.7 Å². The second kappa shape index (κ2) is 6.57. The molecular weight excluding hydrogens is 314 g/mol. The highest BCUT2D eigenvalue weighted by Gasteiger charge is 2.17. The summed E-state index contributed by atoms with van der Waals surface area (Å²) in [5, 5.41) is 6.06. The van der Waals surface area contributed by atoms with Crippen molar-refractivity contribution < 1.29 is 9.53 Å². The zero-order valence-electron chi connectivity index (χ0n) is 13.5. The minimum atomic E-state index is -0.198. The molecule has 3 aromatic rings. The number of nitrogens with one attached hydrogen (secondary N) is 3. The lowest BCUT2D eigenvalue weighted by Crippen LogP contribution is -2.27. The fourth-order valence-corrected chi connectivity index (χ4v) is 2.70. The van der Waals surface area contributed by atoms with Crippen LogP contribution in [0.2, 0.25) is 0 Å². The Labute approximate surface area is 145 Å². The van der Waals surface area contributed by atoms with E-state index in [4.69, 9.17) is 4.74 Å². The molecular formula is C20H17N3O2. The molecule has 0 atom stereocenters. The zero-order chi connectivity index (χ0) is 17.1. The maximum Gasteiger partial charge on any atom is 0.271 e. The van der Waals surface area contributed by atoms with Gasteiger partial charge in [0.25, 0.3) is 5.91 Å². The molecule has 2 heterocycles. The lowest BCUT2D eigenvalue weighted by molar-refractivity contribution is -0.113. The molecule has 0 unspecified atom stereocenters. The molecule has 0 saturated heterocycles. The minimum absolute atomic E-state index is 0.198. The number of carbonyl (C=O) groups excluding carboxylic acids is 1. The number of amides is 1. The number of aromatic amines is 1. The Hall–Kier alpha value is -3.47. The van der Waals surface area contributed by atoms with E-state index in [1.807, 2.05) is 73.1 Å². The van der Waals surface area contributed by atoms with Gasteiger partial charge in [-0.25, -0.2) is 0 Å². The van der Waals surface area contributed by atoms with Gasteiger partial charge in [0.2, 0.25) is 0 Å². The third kappa shape index (κ3) is 3.26. The monoisotopic (exact) mass is 331 g/mol. The summed E-state index contributed by atoms with van der Waals surface area (Å²) in [7, 11) is 0. The van der Waals surface area contributed by atoms with Crippen LogP contribution in [0.1, 0.15) is 11.1 Å². The molecule has 0 saturated carbocycles. The van der Waals surface area contributed by atoms with Gasteiger partial charge in [-0.2, -0.15) is 0 Å². The third-order valence-electron chi connectivity index (χ3n) is 3.99. The van der Waals surface area contributed by atoms with Crippen molar-refractivity contribution in [2.45, 2.75) is 6.54 Å². The largest absolute Gasteiger partial charge is 0.455 e. The summed E-state index contributed by atoms with van der Waals surface area (Å²) < 4.78 is 5.88. The number of hydrogen-bond acceptors (Lipinski definition) is 3. The van der Waals surface area contributed by atoms with Crippen molar-refractivity contribution in [3.05, 3.63) is 83.8 Å². The van der Waals surface area contributed by atoms with Crippen LogP contribution < -0.4 is 15.4 Å². The van der Waals surface area contributed by atoms with Gasteiger partial charge in [0.05, 0.1) is 5.69 Å². The first kappa shape index (κ1) is 15.1. The fourth-order valence-electron chi connectivity index (χ4n) is 2.70. The van der Waals surface area contributed by atoms with Crippen LogP contribution in [-0.2, 0) is 11.3 Å².